The van der Waals surface area contributed by atoms with Crippen molar-refractivity contribution in [3.63, 3.8) is 0 Å². The smallest absolute Gasteiger partial charge is 0.341 e. The molecule has 1 fully saturated rings. The Bertz CT molecular complexity index is 804. The van der Waals surface area contributed by atoms with Gasteiger partial charge in [-0.1, -0.05) is 30.3 Å². The minimum absolute atomic E-state index is 0.197. The van der Waals surface area contributed by atoms with Gasteiger partial charge in [-0.3, -0.25) is 14.5 Å². The maximum absolute atomic E-state index is 12.7. The van der Waals surface area contributed by atoms with Gasteiger partial charge in [-0.25, -0.2) is 4.79 Å². The molecule has 0 aromatic heterocycles. The van der Waals surface area contributed by atoms with Gasteiger partial charge in [0.05, 0.1) is 6.42 Å². The highest BCUT2D eigenvalue weighted by Crippen LogP contribution is 2.40. The zero-order chi connectivity index (χ0) is 19.8. The van der Waals surface area contributed by atoms with Gasteiger partial charge in [0.15, 0.2) is 0 Å². The molecular weight excluding hydrogens is 380 g/mol. The Balaban J connectivity index is 1.68. The Morgan fingerprint density at radius 1 is 1.26 bits per heavy atom. The van der Waals surface area contributed by atoms with Crippen LogP contribution in [0.1, 0.15) is 12.5 Å². The number of thioether (sulfide) groups is 1. The lowest BCUT2D eigenvalue weighted by Crippen LogP contribution is -2.70. The first-order valence-corrected chi connectivity index (χ1v) is 13.3. The molecule has 2 atom stereocenters. The van der Waals surface area contributed by atoms with Crippen molar-refractivity contribution in [3.8, 4) is 0 Å². The molecule has 144 valence electrons. The number of nitrogens with one attached hydrogen (secondary N) is 1. The van der Waals surface area contributed by atoms with E-state index in [2.05, 4.69) is 5.32 Å². The van der Waals surface area contributed by atoms with Crippen molar-refractivity contribution in [2.24, 2.45) is 0 Å². The summed E-state index contributed by atoms with van der Waals surface area (Å²) >= 11 is 1.56. The molecule has 1 N–H and O–H groups in total. The SMILES string of the molecule is CC1=C(C(=O)O[Si](C)(C)C)N2C(=O)C(NC(=O)Cc3ccccc3)[C@H]2SC1. The highest BCUT2D eigenvalue weighted by molar-refractivity contribution is 8.00. The molecule has 2 aliphatic rings. The van der Waals surface area contributed by atoms with Crippen LogP contribution in [0.4, 0.5) is 0 Å². The van der Waals surface area contributed by atoms with Gasteiger partial charge in [0, 0.05) is 5.75 Å². The molecule has 27 heavy (non-hydrogen) atoms. The first kappa shape index (κ1) is 19.7. The number of nitrogens with zero attached hydrogens (tertiary/aromatic N) is 1. The summed E-state index contributed by atoms with van der Waals surface area (Å²) in [6.45, 7) is 7.64. The summed E-state index contributed by atoms with van der Waals surface area (Å²) in [5, 5.41) is 2.56. The summed E-state index contributed by atoms with van der Waals surface area (Å²) in [6.07, 6.45) is 0.224. The quantitative estimate of drug-likeness (QED) is 0.602. The Morgan fingerprint density at radius 2 is 1.93 bits per heavy atom. The lowest BCUT2D eigenvalue weighted by molar-refractivity contribution is -0.150. The molecule has 1 unspecified atom stereocenters. The normalized spacial score (nSPS) is 22.1. The third kappa shape index (κ3) is 4.27. The van der Waals surface area contributed by atoms with Crippen LogP contribution in [0.3, 0.4) is 0 Å². The van der Waals surface area contributed by atoms with E-state index in [-0.39, 0.29) is 23.6 Å². The van der Waals surface area contributed by atoms with Crippen LogP contribution in [0.5, 0.6) is 0 Å². The van der Waals surface area contributed by atoms with Crippen molar-refractivity contribution in [2.75, 3.05) is 5.75 Å². The molecular formula is C19H24N2O4SSi. The topological polar surface area (TPSA) is 75.7 Å². The van der Waals surface area contributed by atoms with Gasteiger partial charge in [-0.2, -0.15) is 0 Å². The molecule has 0 radical (unpaired) electrons. The summed E-state index contributed by atoms with van der Waals surface area (Å²) in [6, 6.07) is 8.79. The Kier molecular flexibility index (Phi) is 5.48. The van der Waals surface area contributed by atoms with E-state index in [9.17, 15) is 14.4 Å². The van der Waals surface area contributed by atoms with E-state index in [4.69, 9.17) is 4.43 Å². The highest BCUT2D eigenvalue weighted by Gasteiger charge is 2.54. The fraction of sp³-hybridized carbons (Fsp3) is 0.421. The van der Waals surface area contributed by atoms with Gasteiger partial charge >= 0.3 is 5.97 Å². The minimum Gasteiger partial charge on any atom is -0.515 e. The van der Waals surface area contributed by atoms with Crippen LogP contribution >= 0.6 is 11.8 Å². The van der Waals surface area contributed by atoms with E-state index in [1.165, 1.54) is 4.90 Å². The van der Waals surface area contributed by atoms with Crippen molar-refractivity contribution >= 4 is 37.9 Å². The zero-order valence-electron chi connectivity index (χ0n) is 15.9. The van der Waals surface area contributed by atoms with Crippen LogP contribution in [0.2, 0.25) is 19.6 Å². The molecule has 1 saturated heterocycles. The molecule has 1 aromatic rings. The second-order valence-corrected chi connectivity index (χ2v) is 13.3. The van der Waals surface area contributed by atoms with Crippen molar-refractivity contribution in [1.29, 1.82) is 0 Å². The molecule has 2 heterocycles. The Morgan fingerprint density at radius 3 is 2.56 bits per heavy atom. The second kappa shape index (κ2) is 7.51. The summed E-state index contributed by atoms with van der Waals surface area (Å²) in [7, 11) is -2.07. The van der Waals surface area contributed by atoms with Crippen LogP contribution in [0.15, 0.2) is 41.6 Å². The summed E-state index contributed by atoms with van der Waals surface area (Å²) in [5.74, 6) is -0.248. The number of fused-ring (bicyclic) bond motifs is 1. The first-order chi connectivity index (χ1) is 12.7. The van der Waals surface area contributed by atoms with Crippen molar-refractivity contribution in [1.82, 2.24) is 10.2 Å². The molecule has 0 saturated carbocycles. The van der Waals surface area contributed by atoms with Crippen LogP contribution in [0, 0.1) is 0 Å². The third-order valence-electron chi connectivity index (χ3n) is 4.28. The first-order valence-electron chi connectivity index (χ1n) is 8.88. The number of carbonyl (C=O) groups excluding carboxylic acids is 3. The minimum atomic E-state index is -2.07. The predicted molar refractivity (Wildman–Crippen MR) is 107 cm³/mol. The summed E-state index contributed by atoms with van der Waals surface area (Å²) < 4.78 is 5.60. The molecule has 2 aliphatic heterocycles. The van der Waals surface area contributed by atoms with Crippen molar-refractivity contribution in [2.45, 2.75) is 44.4 Å². The maximum atomic E-state index is 12.7. The number of amides is 2. The average Bonchev–Trinajstić information content (AvgIpc) is 2.58. The maximum Gasteiger partial charge on any atom is 0.341 e. The number of rotatable bonds is 5. The Hall–Kier alpha value is -2.06. The second-order valence-electron chi connectivity index (χ2n) is 7.75. The number of β-lactam (4-membered cyclic amide) rings is 1. The standard InChI is InChI=1S/C19H24N2O4SSi/c1-12-11-26-18-15(20-14(22)10-13-8-6-5-7-9-13)17(23)21(18)16(12)19(24)25-27(2,3)4/h5-9,15,18H,10-11H2,1-4H3,(H,20,22)/t15?,18-/m1/s1. The molecule has 1 aromatic carbocycles. The van der Waals surface area contributed by atoms with Gasteiger partial charge in [-0.05, 0) is 37.7 Å². The fourth-order valence-corrected chi connectivity index (χ4v) is 5.04. The molecule has 8 heteroatoms. The molecule has 3 rings (SSSR count). The third-order valence-corrected chi connectivity index (χ3v) is 6.50. The largest absolute Gasteiger partial charge is 0.515 e. The van der Waals surface area contributed by atoms with Crippen LogP contribution in [-0.4, -0.2) is 48.2 Å². The Labute approximate surface area is 164 Å². The summed E-state index contributed by atoms with van der Waals surface area (Å²) in [4.78, 5) is 39.1. The number of hydrogen-bond acceptors (Lipinski definition) is 5. The van der Waals surface area contributed by atoms with Gasteiger partial charge < -0.3 is 9.74 Å². The van der Waals surface area contributed by atoms with E-state index < -0.39 is 20.3 Å². The monoisotopic (exact) mass is 404 g/mol. The predicted octanol–water partition coefficient (Wildman–Crippen LogP) is 2.28. The highest BCUT2D eigenvalue weighted by atomic mass is 32.2. The lowest BCUT2D eigenvalue weighted by Gasteiger charge is -2.49. The van der Waals surface area contributed by atoms with Crippen LogP contribution < -0.4 is 5.32 Å². The lowest BCUT2D eigenvalue weighted by atomic mass is 10.0. The van der Waals surface area contributed by atoms with E-state index in [0.717, 1.165) is 11.1 Å². The summed E-state index contributed by atoms with van der Waals surface area (Å²) in [5.41, 5.74) is 2.08. The van der Waals surface area contributed by atoms with Gasteiger partial charge in [-0.15, -0.1) is 11.8 Å². The zero-order valence-corrected chi connectivity index (χ0v) is 17.8. The number of carbonyl (C=O) groups is 3. The molecule has 0 aliphatic carbocycles. The number of hydrogen-bond donors (Lipinski definition) is 1. The van der Waals surface area contributed by atoms with Gasteiger partial charge in [0.2, 0.25) is 14.2 Å². The van der Waals surface area contributed by atoms with Crippen LogP contribution in [0.25, 0.3) is 0 Å². The van der Waals surface area contributed by atoms with Crippen molar-refractivity contribution < 1.29 is 18.8 Å². The fourth-order valence-electron chi connectivity index (χ4n) is 3.09. The van der Waals surface area contributed by atoms with Crippen LogP contribution in [-0.2, 0) is 25.2 Å². The molecule has 0 bridgehead atoms. The molecule has 2 amide bonds. The molecule has 0 spiro atoms. The number of benzene rings is 1. The van der Waals surface area contributed by atoms with E-state index >= 15 is 0 Å². The molecule has 6 nitrogen and oxygen atoms in total. The van der Waals surface area contributed by atoms with Gasteiger partial charge in [0.25, 0.3) is 5.91 Å². The average molecular weight is 405 g/mol. The van der Waals surface area contributed by atoms with Crippen molar-refractivity contribution in [3.05, 3.63) is 47.2 Å². The van der Waals surface area contributed by atoms with E-state index in [0.29, 0.717) is 11.4 Å². The van der Waals surface area contributed by atoms with Gasteiger partial charge in [0.1, 0.15) is 17.1 Å². The van der Waals surface area contributed by atoms with E-state index in [1.807, 2.05) is 56.9 Å². The van der Waals surface area contributed by atoms with E-state index in [1.54, 1.807) is 11.8 Å².